The van der Waals surface area contributed by atoms with E-state index in [1.807, 2.05) is 6.92 Å². The third kappa shape index (κ3) is 2.48. The Labute approximate surface area is 136 Å². The molecule has 0 aromatic carbocycles. The number of carbonyl (C=O) groups excluding carboxylic acids is 2. The molecule has 0 aromatic rings. The normalized spacial score (nSPS) is 27.5. The van der Waals surface area contributed by atoms with Gasteiger partial charge in [0.05, 0.1) is 27.9 Å². The Morgan fingerprint density at radius 1 is 1.67 bits per heavy atom. The van der Waals surface area contributed by atoms with Crippen LogP contribution in [-0.2, 0) is 9.59 Å². The molecule has 1 saturated heterocycles. The van der Waals surface area contributed by atoms with E-state index in [1.54, 1.807) is 6.92 Å². The van der Waals surface area contributed by atoms with E-state index in [4.69, 9.17) is 0 Å². The Bertz CT molecular complexity index is 413. The van der Waals surface area contributed by atoms with Crippen molar-refractivity contribution in [2.75, 3.05) is 5.75 Å². The second-order valence-electron chi connectivity index (χ2n) is 3.84. The number of thioether (sulfide) groups is 2. The quantitative estimate of drug-likeness (QED) is 0.430. The molecule has 0 radical (unpaired) electrons. The van der Waals surface area contributed by atoms with Crippen LogP contribution in [0.3, 0.4) is 0 Å². The van der Waals surface area contributed by atoms with Gasteiger partial charge in [-0.1, -0.05) is 18.7 Å². The first-order valence-electron chi connectivity index (χ1n) is 5.25. The molecule has 94 valence electrons. The van der Waals surface area contributed by atoms with Gasteiger partial charge in [-0.05, 0) is 12.7 Å². The van der Waals surface area contributed by atoms with Gasteiger partial charge >= 0.3 is 29.6 Å². The molecule has 0 saturated carbocycles. The maximum Gasteiger partial charge on any atom is 1.00 e. The average Bonchev–Trinajstić information content (AvgIpc) is 2.53. The molecule has 2 rings (SSSR count). The van der Waals surface area contributed by atoms with E-state index in [1.165, 1.54) is 28.4 Å². The molecular weight excluding hydrogens is 285 g/mol. The second-order valence-corrected chi connectivity index (χ2v) is 6.50. The Kier molecular flexibility index (Phi) is 5.64. The number of carboxylic acid groups (broad SMARTS) is 1. The number of carbonyl (C=O) groups is 2. The van der Waals surface area contributed by atoms with E-state index in [0.29, 0.717) is 4.24 Å². The number of amides is 1. The summed E-state index contributed by atoms with van der Waals surface area (Å²) in [4.78, 5) is 24.0. The van der Waals surface area contributed by atoms with Crippen molar-refractivity contribution in [3.05, 3.63) is 9.93 Å². The standard InChI is InChI=1S/C10H13NO4S2.Na/c1-3-16-10-6(9(14)15)11-7(13)5(4(2)12)8(11)17-10;/h4-5,8,12H,3H2,1-2H3,(H,14,15);/q;+1/p-1/t4-,5+,8-;/m1./s1. The third-order valence-electron chi connectivity index (χ3n) is 2.73. The first-order valence-corrected chi connectivity index (χ1v) is 7.11. The van der Waals surface area contributed by atoms with Gasteiger partial charge in [0.2, 0.25) is 5.91 Å². The zero-order valence-electron chi connectivity index (χ0n) is 10.4. The first kappa shape index (κ1) is 16.4. The summed E-state index contributed by atoms with van der Waals surface area (Å²) in [6.45, 7) is 3.46. The number of rotatable bonds is 4. The number of nitrogens with zero attached hydrogens (tertiary/aromatic N) is 1. The Hall–Kier alpha value is 0.340. The zero-order valence-corrected chi connectivity index (χ0v) is 14.0. The van der Waals surface area contributed by atoms with Gasteiger partial charge < -0.3 is 15.0 Å². The zero-order chi connectivity index (χ0) is 12.7. The van der Waals surface area contributed by atoms with Crippen molar-refractivity contribution in [1.82, 2.24) is 4.90 Å². The van der Waals surface area contributed by atoms with Gasteiger partial charge in [0, 0.05) is 0 Å². The molecule has 3 atom stereocenters. The Morgan fingerprint density at radius 3 is 2.72 bits per heavy atom. The van der Waals surface area contributed by atoms with Crippen LogP contribution < -0.4 is 34.7 Å². The number of hydrogen-bond acceptors (Lipinski definition) is 6. The number of aliphatic carboxylic acids is 1. The van der Waals surface area contributed by atoms with E-state index < -0.39 is 18.0 Å². The van der Waals surface area contributed by atoms with E-state index in [-0.39, 0.29) is 46.5 Å². The summed E-state index contributed by atoms with van der Waals surface area (Å²) in [5, 5.41) is 20.2. The maximum atomic E-state index is 11.8. The molecule has 0 bridgehead atoms. The van der Waals surface area contributed by atoms with Crippen molar-refractivity contribution < 1.29 is 49.4 Å². The maximum absolute atomic E-state index is 11.8. The summed E-state index contributed by atoms with van der Waals surface area (Å²) in [6.07, 6.45) is -0.759. The minimum absolute atomic E-state index is 0. The van der Waals surface area contributed by atoms with E-state index >= 15 is 0 Å². The van der Waals surface area contributed by atoms with Crippen molar-refractivity contribution >= 4 is 35.4 Å². The predicted molar refractivity (Wildman–Crippen MR) is 63.6 cm³/mol. The summed E-state index contributed by atoms with van der Waals surface area (Å²) >= 11 is 2.71. The van der Waals surface area contributed by atoms with Crippen molar-refractivity contribution in [2.45, 2.75) is 25.3 Å². The summed E-state index contributed by atoms with van der Waals surface area (Å²) in [5.74, 6) is -1.44. The fourth-order valence-electron chi connectivity index (χ4n) is 1.97. The minimum Gasteiger partial charge on any atom is -0.543 e. The van der Waals surface area contributed by atoms with Crippen molar-refractivity contribution in [3.8, 4) is 0 Å². The molecule has 1 amide bonds. The van der Waals surface area contributed by atoms with E-state index in [0.717, 1.165) is 5.75 Å². The Balaban J connectivity index is 0.00000162. The van der Waals surface area contributed by atoms with Crippen LogP contribution in [0.4, 0.5) is 0 Å². The Morgan fingerprint density at radius 2 is 2.28 bits per heavy atom. The molecule has 2 aliphatic rings. The second kappa shape index (κ2) is 6.19. The monoisotopic (exact) mass is 297 g/mol. The third-order valence-corrected chi connectivity index (χ3v) is 5.27. The molecule has 0 aromatic heterocycles. The molecule has 0 unspecified atom stereocenters. The molecule has 0 aliphatic carbocycles. The number of β-lactam (4-membered cyclic amide) rings is 1. The first-order chi connectivity index (χ1) is 7.99. The molecule has 0 spiro atoms. The average molecular weight is 297 g/mol. The summed E-state index contributed by atoms with van der Waals surface area (Å²) < 4.78 is 0.606. The number of fused-ring (bicyclic) bond motifs is 1. The van der Waals surface area contributed by atoms with Crippen LogP contribution in [-0.4, -0.2) is 39.1 Å². The molecule has 2 heterocycles. The van der Waals surface area contributed by atoms with Crippen molar-refractivity contribution in [1.29, 1.82) is 0 Å². The number of aliphatic hydroxyl groups is 1. The summed E-state index contributed by atoms with van der Waals surface area (Å²) in [6, 6.07) is 0. The van der Waals surface area contributed by atoms with E-state index in [9.17, 15) is 19.8 Å². The van der Waals surface area contributed by atoms with E-state index in [2.05, 4.69) is 0 Å². The number of carboxylic acids is 1. The van der Waals surface area contributed by atoms with Crippen LogP contribution in [0.1, 0.15) is 13.8 Å². The van der Waals surface area contributed by atoms with Gasteiger partial charge in [-0.3, -0.25) is 9.69 Å². The van der Waals surface area contributed by atoms with Gasteiger partial charge in [-0.15, -0.1) is 11.8 Å². The molecular formula is C10H12NNaO4S2. The van der Waals surface area contributed by atoms with Gasteiger partial charge in [0.25, 0.3) is 0 Å². The van der Waals surface area contributed by atoms with Gasteiger partial charge in [-0.25, -0.2) is 0 Å². The largest absolute Gasteiger partial charge is 1.00 e. The SMILES string of the molecule is CCSC1=C(C(=O)[O-])N2C(=O)[C@H]([C@@H](C)O)[C@H]2S1.[Na+]. The summed E-state index contributed by atoms with van der Waals surface area (Å²) in [7, 11) is 0. The van der Waals surface area contributed by atoms with Gasteiger partial charge in [0.15, 0.2) is 0 Å². The van der Waals surface area contributed by atoms with Crippen LogP contribution in [0.5, 0.6) is 0 Å². The molecule has 5 nitrogen and oxygen atoms in total. The van der Waals surface area contributed by atoms with Crippen LogP contribution >= 0.6 is 23.5 Å². The minimum atomic E-state index is -1.33. The molecule has 8 heteroatoms. The van der Waals surface area contributed by atoms with Crippen LogP contribution in [0.25, 0.3) is 0 Å². The van der Waals surface area contributed by atoms with Crippen molar-refractivity contribution in [3.63, 3.8) is 0 Å². The molecule has 1 N–H and O–H groups in total. The van der Waals surface area contributed by atoms with Crippen LogP contribution in [0, 0.1) is 5.92 Å². The topological polar surface area (TPSA) is 80.7 Å². The van der Waals surface area contributed by atoms with Crippen LogP contribution in [0.2, 0.25) is 0 Å². The fraction of sp³-hybridized carbons (Fsp3) is 0.600. The molecule has 2 aliphatic heterocycles. The van der Waals surface area contributed by atoms with Crippen LogP contribution in [0.15, 0.2) is 9.93 Å². The van der Waals surface area contributed by atoms with Gasteiger partial charge in [-0.2, -0.15) is 0 Å². The fourth-order valence-corrected chi connectivity index (χ4v) is 4.79. The van der Waals surface area contributed by atoms with Gasteiger partial charge in [0.1, 0.15) is 5.37 Å². The number of hydrogen-bond donors (Lipinski definition) is 1. The van der Waals surface area contributed by atoms with Crippen molar-refractivity contribution in [2.24, 2.45) is 5.92 Å². The molecule has 18 heavy (non-hydrogen) atoms. The smallest absolute Gasteiger partial charge is 0.543 e. The molecule has 1 fully saturated rings. The number of aliphatic hydroxyl groups excluding tert-OH is 1. The summed E-state index contributed by atoms with van der Waals surface area (Å²) in [5.41, 5.74) is -0.0336. The predicted octanol–water partition coefficient (Wildman–Crippen LogP) is -3.43.